The van der Waals surface area contributed by atoms with Crippen LogP contribution in [-0.2, 0) is 9.59 Å². The van der Waals surface area contributed by atoms with Crippen molar-refractivity contribution in [3.05, 3.63) is 35.9 Å². The zero-order valence-corrected chi connectivity index (χ0v) is 12.2. The van der Waals surface area contributed by atoms with Gasteiger partial charge in [0.2, 0.25) is 5.12 Å². The molecule has 5 nitrogen and oxygen atoms in total. The molecule has 1 rings (SSSR count). The molecular weight excluding hydrogens is 298 g/mol. The van der Waals surface area contributed by atoms with E-state index in [-0.39, 0.29) is 18.0 Å². The van der Waals surface area contributed by atoms with E-state index in [0.717, 1.165) is 0 Å². The molecule has 1 unspecified atom stereocenters. The van der Waals surface area contributed by atoms with E-state index in [0.29, 0.717) is 5.56 Å². The van der Waals surface area contributed by atoms with Crippen molar-refractivity contribution in [3.8, 4) is 6.07 Å². The van der Waals surface area contributed by atoms with Gasteiger partial charge in [0, 0.05) is 6.42 Å². The molecule has 1 aromatic carbocycles. The van der Waals surface area contributed by atoms with Crippen LogP contribution in [0.5, 0.6) is 0 Å². The van der Waals surface area contributed by atoms with E-state index in [1.807, 2.05) is 0 Å². The third-order valence-corrected chi connectivity index (χ3v) is 2.66. The summed E-state index contributed by atoms with van der Waals surface area (Å²) in [5.41, 5.74) is 0.331. The van der Waals surface area contributed by atoms with Crippen molar-refractivity contribution in [1.29, 1.82) is 5.26 Å². The van der Waals surface area contributed by atoms with E-state index >= 15 is 0 Å². The molecule has 0 aliphatic rings. The first kappa shape index (κ1) is 18.2. The minimum atomic E-state index is -0.879. The molecule has 0 aliphatic heterocycles. The van der Waals surface area contributed by atoms with Gasteiger partial charge in [-0.2, -0.15) is 5.26 Å². The predicted octanol–water partition coefficient (Wildman–Crippen LogP) is 2.20. The van der Waals surface area contributed by atoms with E-state index in [1.54, 1.807) is 36.4 Å². The molecular formula is C13H13NO4S2. The molecule has 0 amide bonds. The molecule has 1 N–H and O–H groups in total. The number of benzene rings is 1. The second kappa shape index (κ2) is 10.1. The Bertz CT molecular complexity index is 511. The highest BCUT2D eigenvalue weighted by Gasteiger charge is 2.14. The number of carboxylic acids is 1. The molecule has 0 radical (unpaired) electrons. The minimum Gasteiger partial charge on any atom is -0.478 e. The van der Waals surface area contributed by atoms with Crippen molar-refractivity contribution in [2.75, 3.05) is 0 Å². The molecule has 1 aromatic rings. The summed E-state index contributed by atoms with van der Waals surface area (Å²) in [6.45, 7) is 0. The molecule has 0 aromatic heterocycles. The summed E-state index contributed by atoms with van der Waals surface area (Å²) in [4.78, 5) is 31.0. The number of nitrogens with zero attached hydrogens (tertiary/aromatic N) is 1. The Kier molecular flexibility index (Phi) is 9.17. The van der Waals surface area contributed by atoms with Gasteiger partial charge in [-0.25, -0.2) is 4.79 Å². The van der Waals surface area contributed by atoms with Crippen molar-refractivity contribution >= 4 is 41.5 Å². The fourth-order valence-electron chi connectivity index (χ4n) is 1.09. The first-order valence-electron chi connectivity index (χ1n) is 5.51. The maximum Gasteiger partial charge on any atom is 0.335 e. The van der Waals surface area contributed by atoms with E-state index in [9.17, 15) is 14.4 Å². The highest BCUT2D eigenvalue weighted by molar-refractivity contribution is 7.96. The molecule has 0 saturated carbocycles. The molecule has 0 bridgehead atoms. The lowest BCUT2D eigenvalue weighted by atomic mass is 10.1. The normalized spacial score (nSPS) is 10.4. The van der Waals surface area contributed by atoms with E-state index < -0.39 is 17.0 Å². The number of rotatable bonds is 5. The summed E-state index contributed by atoms with van der Waals surface area (Å²) in [5.74, 6) is -1.66. The van der Waals surface area contributed by atoms with Crippen LogP contribution < -0.4 is 0 Å². The summed E-state index contributed by atoms with van der Waals surface area (Å²) in [6, 6.07) is 10.0. The van der Waals surface area contributed by atoms with Crippen LogP contribution in [0.15, 0.2) is 30.3 Å². The van der Waals surface area contributed by atoms with E-state index in [1.165, 1.54) is 0 Å². The first-order chi connectivity index (χ1) is 9.38. The van der Waals surface area contributed by atoms with Crippen molar-refractivity contribution < 1.29 is 19.5 Å². The van der Waals surface area contributed by atoms with Gasteiger partial charge < -0.3 is 5.11 Å². The SMILES string of the molecule is N#CC(CCC(=O)S)C(=O)S.O=C(O)c1ccccc1. The molecule has 0 spiro atoms. The zero-order chi connectivity index (χ0) is 15.5. The van der Waals surface area contributed by atoms with Crippen LogP contribution in [0, 0.1) is 17.2 Å². The van der Waals surface area contributed by atoms with Gasteiger partial charge in [0.1, 0.15) is 5.92 Å². The first-order valence-corrected chi connectivity index (χ1v) is 6.40. The lowest BCUT2D eigenvalue weighted by Crippen LogP contribution is -2.07. The number of carbonyl (C=O) groups is 3. The van der Waals surface area contributed by atoms with Crippen molar-refractivity contribution in [3.63, 3.8) is 0 Å². The lowest BCUT2D eigenvalue weighted by molar-refractivity contribution is -0.113. The summed E-state index contributed by atoms with van der Waals surface area (Å²) >= 11 is 6.97. The lowest BCUT2D eigenvalue weighted by Gasteiger charge is -1.99. The molecule has 0 heterocycles. The smallest absolute Gasteiger partial charge is 0.335 e. The number of carboxylic acid groups (broad SMARTS) is 1. The highest BCUT2D eigenvalue weighted by Crippen LogP contribution is 2.09. The van der Waals surface area contributed by atoms with Crippen LogP contribution in [0.4, 0.5) is 0 Å². The number of nitriles is 1. The average molecular weight is 311 g/mol. The maximum absolute atomic E-state index is 10.5. The molecule has 0 fully saturated rings. The molecule has 20 heavy (non-hydrogen) atoms. The van der Waals surface area contributed by atoms with Crippen LogP contribution in [0.25, 0.3) is 0 Å². The minimum absolute atomic E-state index is 0.133. The Morgan fingerprint density at radius 1 is 1.20 bits per heavy atom. The van der Waals surface area contributed by atoms with Crippen LogP contribution in [0.2, 0.25) is 0 Å². The molecule has 0 aliphatic carbocycles. The Morgan fingerprint density at radius 3 is 2.05 bits per heavy atom. The van der Waals surface area contributed by atoms with Crippen LogP contribution >= 0.6 is 25.3 Å². The summed E-state index contributed by atoms with van der Waals surface area (Å²) < 4.78 is 0. The van der Waals surface area contributed by atoms with Crippen molar-refractivity contribution in [2.24, 2.45) is 5.92 Å². The quantitative estimate of drug-likeness (QED) is 0.725. The van der Waals surface area contributed by atoms with Crippen molar-refractivity contribution in [1.82, 2.24) is 0 Å². The van der Waals surface area contributed by atoms with Crippen molar-refractivity contribution in [2.45, 2.75) is 12.8 Å². The van der Waals surface area contributed by atoms with Gasteiger partial charge in [0.25, 0.3) is 0 Å². The Balaban J connectivity index is 0.000000367. The van der Waals surface area contributed by atoms with Crippen LogP contribution in [-0.4, -0.2) is 21.3 Å². The standard InChI is InChI=1S/C7H6O2.C6H7NO2S2/c8-7(9)6-4-2-1-3-5-6;7-3-4(6(9)11)1-2-5(8)10/h1-5H,(H,8,9);4H,1-2H2,(H,8,10)(H,9,11). The Hall–Kier alpha value is -1.78. The number of thiol groups is 2. The Morgan fingerprint density at radius 2 is 1.75 bits per heavy atom. The molecule has 1 atom stereocenters. The zero-order valence-electron chi connectivity index (χ0n) is 10.4. The summed E-state index contributed by atoms with van der Waals surface area (Å²) in [6.07, 6.45) is 0.342. The third kappa shape index (κ3) is 8.34. The van der Waals surface area contributed by atoms with Crippen LogP contribution in [0.1, 0.15) is 23.2 Å². The number of carbonyl (C=O) groups excluding carboxylic acids is 2. The number of hydrogen-bond acceptors (Lipinski definition) is 4. The summed E-state index contributed by atoms with van der Waals surface area (Å²) in [5, 5.41) is 15.9. The second-order valence-electron chi connectivity index (χ2n) is 3.62. The van der Waals surface area contributed by atoms with E-state index in [2.05, 4.69) is 25.3 Å². The largest absolute Gasteiger partial charge is 0.478 e. The predicted molar refractivity (Wildman–Crippen MR) is 79.7 cm³/mol. The van der Waals surface area contributed by atoms with Gasteiger partial charge in [-0.05, 0) is 18.6 Å². The fraction of sp³-hybridized carbons (Fsp3) is 0.231. The molecule has 0 saturated heterocycles. The summed E-state index contributed by atoms with van der Waals surface area (Å²) in [7, 11) is 0. The topological polar surface area (TPSA) is 95.2 Å². The maximum atomic E-state index is 10.5. The molecule has 106 valence electrons. The number of hydrogen-bond donors (Lipinski definition) is 3. The van der Waals surface area contributed by atoms with Gasteiger partial charge in [-0.3, -0.25) is 9.59 Å². The Labute approximate surface area is 127 Å². The van der Waals surface area contributed by atoms with Gasteiger partial charge in [-0.1, -0.05) is 18.2 Å². The van der Waals surface area contributed by atoms with Gasteiger partial charge in [0.05, 0.1) is 11.6 Å². The van der Waals surface area contributed by atoms with Gasteiger partial charge in [0.15, 0.2) is 5.12 Å². The average Bonchev–Trinajstić information content (AvgIpc) is 2.40. The third-order valence-electron chi connectivity index (χ3n) is 2.12. The fourth-order valence-corrected chi connectivity index (χ4v) is 1.41. The monoisotopic (exact) mass is 311 g/mol. The van der Waals surface area contributed by atoms with Gasteiger partial charge in [-0.15, -0.1) is 25.3 Å². The highest BCUT2D eigenvalue weighted by atomic mass is 32.1. The van der Waals surface area contributed by atoms with Gasteiger partial charge >= 0.3 is 5.97 Å². The second-order valence-corrected chi connectivity index (χ2v) is 4.56. The van der Waals surface area contributed by atoms with Crippen LogP contribution in [0.3, 0.4) is 0 Å². The van der Waals surface area contributed by atoms with E-state index in [4.69, 9.17) is 10.4 Å². The molecule has 7 heteroatoms. The number of aromatic carboxylic acids is 1.